The summed E-state index contributed by atoms with van der Waals surface area (Å²) in [5.74, 6) is -1.62. The highest BCUT2D eigenvalue weighted by Crippen LogP contribution is 2.68. The first-order valence-electron chi connectivity index (χ1n) is 14.2. The van der Waals surface area contributed by atoms with Gasteiger partial charge in [0.2, 0.25) is 0 Å². The Morgan fingerprint density at radius 1 is 0.974 bits per heavy atom. The number of likely N-dealkylation sites (N-methyl/N-ethyl adjacent to an activating group) is 1. The molecule has 10 atom stereocenters. The highest BCUT2D eigenvalue weighted by molar-refractivity contribution is 5.83. The molecule has 39 heavy (non-hydrogen) atoms. The van der Waals surface area contributed by atoms with Crippen LogP contribution in [0.3, 0.4) is 0 Å². The summed E-state index contributed by atoms with van der Waals surface area (Å²) in [7, 11) is 4.07. The zero-order valence-corrected chi connectivity index (χ0v) is 23.7. The number of carboxylic acid groups (broad SMARTS) is 2. The third-order valence-corrected chi connectivity index (χ3v) is 10.6. The molecule has 6 N–H and O–H groups in total. The van der Waals surface area contributed by atoms with E-state index in [2.05, 4.69) is 23.9 Å². The molecule has 224 valence electrons. The standard InChI is InChI=1S/C24H42N2O3.C4H6O6/c1-22-10-8-19(27)15-17(22)5-6-21-20(22)9-11-23(2)18(7-12-24(21,23)28)16-25-29-14-13-26(3)4;5-1(3(7)8)2(6)4(9)10/h16-21,27-28H,5-15H2,1-4H3;1-2,5-6H,(H,7,8)(H,9,10)/b25-16+;/t17-,18-,19+,20+,21-,22+,23-,24+;/m1./s1. The van der Waals surface area contributed by atoms with Gasteiger partial charge in [-0.3, -0.25) is 0 Å². The maximum absolute atomic E-state index is 12.1. The van der Waals surface area contributed by atoms with Gasteiger partial charge in [0.15, 0.2) is 12.2 Å². The Balaban J connectivity index is 0.000000360. The number of carboxylic acids is 2. The zero-order valence-electron chi connectivity index (χ0n) is 23.7. The van der Waals surface area contributed by atoms with E-state index < -0.39 is 29.7 Å². The van der Waals surface area contributed by atoms with E-state index in [1.807, 2.05) is 20.3 Å². The SMILES string of the molecule is CN(C)CCO/N=C/[C@H]1CC[C@]2(O)[C@@H]3CC[C@@H]4C[C@@H](O)CC[C@]4(C)[C@H]3CC[C@]12C.O=C(O)C(O)C(O)C(=O)O. The Kier molecular flexibility index (Phi) is 10.1. The first kappa shape index (κ1) is 31.7. The summed E-state index contributed by atoms with van der Waals surface area (Å²) < 4.78 is 0. The van der Waals surface area contributed by atoms with Gasteiger partial charge in [-0.1, -0.05) is 19.0 Å². The van der Waals surface area contributed by atoms with E-state index in [-0.39, 0.29) is 11.5 Å². The van der Waals surface area contributed by atoms with Crippen LogP contribution in [0.5, 0.6) is 0 Å². The molecule has 4 fully saturated rings. The van der Waals surface area contributed by atoms with Crippen LogP contribution in [0, 0.1) is 34.5 Å². The van der Waals surface area contributed by atoms with Gasteiger partial charge in [0.25, 0.3) is 0 Å². The molecule has 4 saturated carbocycles. The topological polar surface area (TPSA) is 180 Å². The molecule has 0 amide bonds. The third-order valence-electron chi connectivity index (χ3n) is 10.6. The maximum atomic E-state index is 12.1. The van der Waals surface area contributed by atoms with Crippen LogP contribution in [0.15, 0.2) is 5.16 Å². The molecule has 0 aliphatic heterocycles. The Hall–Kier alpha value is -1.79. The molecule has 0 aromatic rings. The van der Waals surface area contributed by atoms with Gasteiger partial charge < -0.3 is 40.4 Å². The summed E-state index contributed by atoms with van der Waals surface area (Å²) in [5.41, 5.74) is -0.388. The largest absolute Gasteiger partial charge is 0.479 e. The molecule has 0 aromatic heterocycles. The molecule has 2 unspecified atom stereocenters. The average molecular weight is 557 g/mol. The number of rotatable bonds is 8. The first-order valence-corrected chi connectivity index (χ1v) is 14.2. The lowest BCUT2D eigenvalue weighted by Gasteiger charge is -2.63. The van der Waals surface area contributed by atoms with E-state index >= 15 is 0 Å². The van der Waals surface area contributed by atoms with Crippen molar-refractivity contribution in [2.24, 2.45) is 39.7 Å². The van der Waals surface area contributed by atoms with Crippen LogP contribution in [0.25, 0.3) is 0 Å². The minimum Gasteiger partial charge on any atom is -0.479 e. The number of hydrogen-bond donors (Lipinski definition) is 6. The van der Waals surface area contributed by atoms with Crippen molar-refractivity contribution in [2.45, 2.75) is 95.5 Å². The molecule has 4 aliphatic rings. The molecule has 11 heteroatoms. The van der Waals surface area contributed by atoms with Crippen molar-refractivity contribution < 1.29 is 45.1 Å². The second kappa shape index (κ2) is 12.4. The molecule has 0 aromatic carbocycles. The van der Waals surface area contributed by atoms with Crippen LogP contribution in [0.4, 0.5) is 0 Å². The van der Waals surface area contributed by atoms with Crippen LogP contribution < -0.4 is 0 Å². The van der Waals surface area contributed by atoms with E-state index in [4.69, 9.17) is 25.3 Å². The van der Waals surface area contributed by atoms with Crippen LogP contribution in [0.1, 0.15) is 71.6 Å². The van der Waals surface area contributed by atoms with Crippen LogP contribution >= 0.6 is 0 Å². The number of hydrogen-bond acceptors (Lipinski definition) is 9. The predicted molar refractivity (Wildman–Crippen MR) is 143 cm³/mol. The fourth-order valence-electron chi connectivity index (χ4n) is 8.15. The second-order valence-electron chi connectivity index (χ2n) is 12.9. The van der Waals surface area contributed by atoms with E-state index in [9.17, 15) is 19.8 Å². The van der Waals surface area contributed by atoms with E-state index in [1.54, 1.807) is 0 Å². The van der Waals surface area contributed by atoms with Crippen molar-refractivity contribution in [2.75, 3.05) is 27.2 Å². The molecule has 0 bridgehead atoms. The summed E-state index contributed by atoms with van der Waals surface area (Å²) in [6, 6.07) is 0. The minimum atomic E-state index is -2.27. The number of oxime groups is 1. The minimum absolute atomic E-state index is 0.0973. The quantitative estimate of drug-likeness (QED) is 0.146. The smallest absolute Gasteiger partial charge is 0.335 e. The van der Waals surface area contributed by atoms with Gasteiger partial charge in [-0.05, 0) is 95.1 Å². The summed E-state index contributed by atoms with van der Waals surface area (Å²) in [5, 5.41) is 59.1. The molecule has 4 rings (SSSR count). The number of fused-ring (bicyclic) bond motifs is 5. The maximum Gasteiger partial charge on any atom is 0.335 e. The number of carbonyl (C=O) groups is 2. The summed E-state index contributed by atoms with van der Waals surface area (Å²) in [4.78, 5) is 27.1. The molecule has 0 radical (unpaired) electrons. The highest BCUT2D eigenvalue weighted by atomic mass is 16.6. The lowest BCUT2D eigenvalue weighted by atomic mass is 9.43. The lowest BCUT2D eigenvalue weighted by Crippen LogP contribution is -2.62. The van der Waals surface area contributed by atoms with Gasteiger partial charge in [0.1, 0.15) is 6.61 Å². The van der Waals surface area contributed by atoms with Crippen LogP contribution in [-0.4, -0.2) is 105 Å². The molecule has 0 heterocycles. The number of nitrogens with zero attached hydrogens (tertiary/aromatic N) is 2. The Morgan fingerprint density at radius 3 is 2.21 bits per heavy atom. The predicted octanol–water partition coefficient (Wildman–Crippen LogP) is 1.56. The summed E-state index contributed by atoms with van der Waals surface area (Å²) in [6.07, 6.45) is 6.85. The molecular weight excluding hydrogens is 508 g/mol. The molecule has 0 spiro atoms. The second-order valence-corrected chi connectivity index (χ2v) is 12.9. The van der Waals surface area contributed by atoms with Crippen molar-refractivity contribution in [3.8, 4) is 0 Å². The monoisotopic (exact) mass is 556 g/mol. The Morgan fingerprint density at radius 2 is 1.62 bits per heavy atom. The van der Waals surface area contributed by atoms with E-state index in [1.165, 1.54) is 12.8 Å². The Bertz CT molecular complexity index is 882. The van der Waals surface area contributed by atoms with Crippen molar-refractivity contribution in [3.05, 3.63) is 0 Å². The molecule has 11 nitrogen and oxygen atoms in total. The average Bonchev–Trinajstić information content (AvgIpc) is 3.14. The van der Waals surface area contributed by atoms with E-state index in [0.717, 1.165) is 51.5 Å². The molecule has 0 saturated heterocycles. The third kappa shape index (κ3) is 6.27. The first-order chi connectivity index (χ1) is 18.2. The van der Waals surface area contributed by atoms with Gasteiger partial charge in [-0.25, -0.2) is 9.59 Å². The van der Waals surface area contributed by atoms with Crippen molar-refractivity contribution in [1.82, 2.24) is 4.90 Å². The fraction of sp³-hybridized carbons (Fsp3) is 0.893. The molecule has 4 aliphatic carbocycles. The summed E-state index contributed by atoms with van der Waals surface area (Å²) >= 11 is 0. The van der Waals surface area contributed by atoms with Gasteiger partial charge in [-0.15, -0.1) is 0 Å². The normalized spacial score (nSPS) is 41.0. The highest BCUT2D eigenvalue weighted by Gasteiger charge is 2.66. The van der Waals surface area contributed by atoms with Gasteiger partial charge in [-0.2, -0.15) is 0 Å². The number of aliphatic carboxylic acids is 2. The number of aliphatic hydroxyl groups excluding tert-OH is 3. The van der Waals surface area contributed by atoms with Crippen molar-refractivity contribution in [1.29, 1.82) is 0 Å². The van der Waals surface area contributed by atoms with Gasteiger partial charge >= 0.3 is 11.9 Å². The van der Waals surface area contributed by atoms with Crippen LogP contribution in [0.2, 0.25) is 0 Å². The fourth-order valence-corrected chi connectivity index (χ4v) is 8.15. The van der Waals surface area contributed by atoms with Crippen LogP contribution in [-0.2, 0) is 14.4 Å². The van der Waals surface area contributed by atoms with E-state index in [0.29, 0.717) is 35.7 Å². The molecular formula is C28H48N2O9. The Labute approximate surface area is 230 Å². The number of aliphatic hydroxyl groups is 4. The zero-order chi connectivity index (χ0) is 29.2. The van der Waals surface area contributed by atoms with Gasteiger partial charge in [0, 0.05) is 24.1 Å². The summed E-state index contributed by atoms with van der Waals surface area (Å²) in [6.45, 7) is 6.25. The lowest BCUT2D eigenvalue weighted by molar-refractivity contribution is -0.206. The van der Waals surface area contributed by atoms with Crippen molar-refractivity contribution >= 4 is 18.2 Å². The van der Waals surface area contributed by atoms with Gasteiger partial charge in [0.05, 0.1) is 11.7 Å². The van der Waals surface area contributed by atoms with Crippen molar-refractivity contribution in [3.63, 3.8) is 0 Å².